The number of hydrazone groups is 1. The molecule has 30 heavy (non-hydrogen) atoms. The maximum absolute atomic E-state index is 13.1. The van der Waals surface area contributed by atoms with Gasteiger partial charge in [-0.25, -0.2) is 5.01 Å². The fourth-order valence-electron chi connectivity index (χ4n) is 4.07. The number of aliphatic carboxylic acids is 1. The van der Waals surface area contributed by atoms with Crippen molar-refractivity contribution in [3.63, 3.8) is 0 Å². The van der Waals surface area contributed by atoms with Crippen molar-refractivity contribution in [1.82, 2.24) is 5.01 Å². The third-order valence-corrected chi connectivity index (χ3v) is 5.50. The number of fused-ring (bicyclic) bond motifs is 3. The minimum absolute atomic E-state index is 0.130. The Morgan fingerprint density at radius 1 is 1.13 bits per heavy atom. The second-order valence-corrected chi connectivity index (χ2v) is 7.25. The molecule has 3 aliphatic rings. The van der Waals surface area contributed by atoms with E-state index < -0.39 is 17.4 Å². The highest BCUT2D eigenvalue weighted by Gasteiger charge is 2.57. The van der Waals surface area contributed by atoms with Gasteiger partial charge < -0.3 is 19.9 Å². The van der Waals surface area contributed by atoms with Crippen LogP contribution in [0.3, 0.4) is 0 Å². The van der Waals surface area contributed by atoms with Crippen molar-refractivity contribution in [3.05, 3.63) is 53.6 Å². The zero-order valence-corrected chi connectivity index (χ0v) is 15.8. The number of amides is 2. The summed E-state index contributed by atoms with van der Waals surface area (Å²) in [5.74, 6) is -0.804. The molecule has 0 fully saturated rings. The molecule has 2 amide bonds. The third-order valence-electron chi connectivity index (χ3n) is 5.50. The lowest BCUT2D eigenvalue weighted by Gasteiger charge is -2.30. The molecular weight excluding hydrogens is 390 g/mol. The van der Waals surface area contributed by atoms with Crippen molar-refractivity contribution >= 4 is 29.2 Å². The first kappa shape index (κ1) is 18.2. The molecule has 1 atom stereocenters. The highest BCUT2D eigenvalue weighted by Crippen LogP contribution is 2.48. The van der Waals surface area contributed by atoms with E-state index in [1.165, 1.54) is 0 Å². The van der Waals surface area contributed by atoms with Crippen LogP contribution >= 0.6 is 0 Å². The van der Waals surface area contributed by atoms with Crippen LogP contribution in [0, 0.1) is 0 Å². The first-order valence-electron chi connectivity index (χ1n) is 9.42. The molecule has 0 radical (unpaired) electrons. The molecule has 2 aromatic carbocycles. The van der Waals surface area contributed by atoms with E-state index >= 15 is 0 Å². The van der Waals surface area contributed by atoms with Crippen LogP contribution in [0.2, 0.25) is 0 Å². The van der Waals surface area contributed by atoms with Crippen molar-refractivity contribution in [2.75, 3.05) is 12.1 Å². The zero-order valence-electron chi connectivity index (χ0n) is 15.8. The molecular formula is C21H17N3O6. The molecule has 2 N–H and O–H groups in total. The molecule has 0 bridgehead atoms. The summed E-state index contributed by atoms with van der Waals surface area (Å²) in [6.45, 7) is 0.130. The molecule has 152 valence electrons. The van der Waals surface area contributed by atoms with Gasteiger partial charge in [-0.1, -0.05) is 18.2 Å². The van der Waals surface area contributed by atoms with Crippen LogP contribution in [0.25, 0.3) is 0 Å². The molecule has 0 saturated heterocycles. The van der Waals surface area contributed by atoms with E-state index in [1.807, 2.05) is 0 Å². The predicted octanol–water partition coefficient (Wildman–Crippen LogP) is 2.06. The van der Waals surface area contributed by atoms with Gasteiger partial charge in [-0.2, -0.15) is 5.10 Å². The van der Waals surface area contributed by atoms with Crippen LogP contribution in [-0.4, -0.2) is 40.4 Å². The number of rotatable bonds is 4. The van der Waals surface area contributed by atoms with Gasteiger partial charge in [0.25, 0.3) is 5.91 Å². The number of hydrogen-bond acceptors (Lipinski definition) is 6. The number of para-hydroxylation sites is 1. The predicted molar refractivity (Wildman–Crippen MR) is 104 cm³/mol. The summed E-state index contributed by atoms with van der Waals surface area (Å²) in [5.41, 5.74) is 1.13. The average Bonchev–Trinajstić information content (AvgIpc) is 3.43. The number of anilines is 1. The van der Waals surface area contributed by atoms with Crippen molar-refractivity contribution in [2.45, 2.75) is 24.8 Å². The Morgan fingerprint density at radius 2 is 1.93 bits per heavy atom. The Balaban J connectivity index is 1.58. The monoisotopic (exact) mass is 407 g/mol. The molecule has 9 nitrogen and oxygen atoms in total. The van der Waals surface area contributed by atoms with Crippen molar-refractivity contribution in [3.8, 4) is 11.5 Å². The van der Waals surface area contributed by atoms with Crippen LogP contribution in [0.4, 0.5) is 5.69 Å². The second kappa shape index (κ2) is 6.58. The van der Waals surface area contributed by atoms with Gasteiger partial charge in [0.1, 0.15) is 0 Å². The fourth-order valence-corrected chi connectivity index (χ4v) is 4.07. The smallest absolute Gasteiger partial charge is 0.303 e. The Hall–Kier alpha value is -3.88. The van der Waals surface area contributed by atoms with Gasteiger partial charge in [0.2, 0.25) is 12.7 Å². The van der Waals surface area contributed by atoms with E-state index in [-0.39, 0.29) is 32.0 Å². The molecule has 0 aliphatic carbocycles. The van der Waals surface area contributed by atoms with Gasteiger partial charge in [-0.3, -0.25) is 14.4 Å². The highest BCUT2D eigenvalue weighted by molar-refractivity contribution is 6.15. The van der Waals surface area contributed by atoms with Crippen molar-refractivity contribution in [2.24, 2.45) is 5.10 Å². The quantitative estimate of drug-likeness (QED) is 0.801. The SMILES string of the molecule is O=C(O)CCC(=O)N1N=C(c2ccc3c(c2)OCO3)CC12C(=O)Nc1ccccc12. The molecule has 5 rings (SSSR count). The summed E-state index contributed by atoms with van der Waals surface area (Å²) in [5, 5.41) is 17.5. The molecule has 1 unspecified atom stereocenters. The summed E-state index contributed by atoms with van der Waals surface area (Å²) in [7, 11) is 0. The van der Waals surface area contributed by atoms with Gasteiger partial charge in [0, 0.05) is 29.7 Å². The summed E-state index contributed by atoms with van der Waals surface area (Å²) < 4.78 is 10.8. The topological polar surface area (TPSA) is 118 Å². The van der Waals surface area contributed by atoms with Crippen LogP contribution in [0.15, 0.2) is 47.6 Å². The summed E-state index contributed by atoms with van der Waals surface area (Å²) in [4.78, 5) is 37.1. The maximum Gasteiger partial charge on any atom is 0.303 e. The standard InChI is InChI=1S/C21H17N3O6/c25-18(7-8-19(26)27)24-21(13-3-1-2-4-14(13)22-20(21)28)10-15(23-24)12-5-6-16-17(9-12)30-11-29-16/h1-6,9H,7-8,10-11H2,(H,22,28)(H,26,27). The van der Waals surface area contributed by atoms with Gasteiger partial charge in [0.15, 0.2) is 17.0 Å². The second-order valence-electron chi connectivity index (χ2n) is 7.25. The number of hydrogen-bond donors (Lipinski definition) is 2. The molecule has 1 spiro atoms. The molecule has 9 heteroatoms. The van der Waals surface area contributed by atoms with E-state index in [1.54, 1.807) is 42.5 Å². The number of carboxylic acid groups (broad SMARTS) is 1. The van der Waals surface area contributed by atoms with Gasteiger partial charge in [-0.15, -0.1) is 0 Å². The van der Waals surface area contributed by atoms with E-state index in [0.717, 1.165) is 5.01 Å². The van der Waals surface area contributed by atoms with Crippen LogP contribution in [0.1, 0.15) is 30.4 Å². The first-order chi connectivity index (χ1) is 14.5. The van der Waals surface area contributed by atoms with Crippen LogP contribution in [0.5, 0.6) is 11.5 Å². The average molecular weight is 407 g/mol. The summed E-state index contributed by atoms with van der Waals surface area (Å²) >= 11 is 0. The number of carbonyl (C=O) groups is 3. The summed E-state index contributed by atoms with van der Waals surface area (Å²) in [6.07, 6.45) is -0.442. The third kappa shape index (κ3) is 2.62. The number of nitrogens with one attached hydrogen (secondary N) is 1. The number of carboxylic acids is 1. The molecule has 0 aromatic heterocycles. The number of ether oxygens (including phenoxy) is 2. The Bertz CT molecular complexity index is 1130. The molecule has 3 heterocycles. The Labute approximate surface area is 170 Å². The largest absolute Gasteiger partial charge is 0.481 e. The maximum atomic E-state index is 13.1. The van der Waals surface area contributed by atoms with E-state index in [2.05, 4.69) is 10.4 Å². The summed E-state index contributed by atoms with van der Waals surface area (Å²) in [6, 6.07) is 12.4. The molecule has 2 aromatic rings. The Morgan fingerprint density at radius 3 is 2.77 bits per heavy atom. The zero-order chi connectivity index (χ0) is 20.9. The number of benzene rings is 2. The van der Waals surface area contributed by atoms with Gasteiger partial charge in [-0.05, 0) is 24.3 Å². The van der Waals surface area contributed by atoms with Crippen LogP contribution in [-0.2, 0) is 19.9 Å². The lowest BCUT2D eigenvalue weighted by molar-refractivity contribution is -0.146. The highest BCUT2D eigenvalue weighted by atomic mass is 16.7. The lowest BCUT2D eigenvalue weighted by atomic mass is 9.84. The van der Waals surface area contributed by atoms with Gasteiger partial charge in [0.05, 0.1) is 12.1 Å². The van der Waals surface area contributed by atoms with E-state index in [4.69, 9.17) is 14.6 Å². The fraction of sp³-hybridized carbons (Fsp3) is 0.238. The normalized spacial score (nSPS) is 20.9. The van der Waals surface area contributed by atoms with E-state index in [9.17, 15) is 14.4 Å². The first-order valence-corrected chi connectivity index (χ1v) is 9.42. The van der Waals surface area contributed by atoms with Gasteiger partial charge >= 0.3 is 5.97 Å². The van der Waals surface area contributed by atoms with Crippen molar-refractivity contribution < 1.29 is 29.0 Å². The van der Waals surface area contributed by atoms with Crippen molar-refractivity contribution in [1.29, 1.82) is 0 Å². The number of nitrogens with zero attached hydrogens (tertiary/aromatic N) is 2. The minimum atomic E-state index is -1.35. The molecule has 3 aliphatic heterocycles. The minimum Gasteiger partial charge on any atom is -0.481 e. The molecule has 0 saturated carbocycles. The van der Waals surface area contributed by atoms with Crippen LogP contribution < -0.4 is 14.8 Å². The lowest BCUT2D eigenvalue weighted by Crippen LogP contribution is -2.48. The Kier molecular flexibility index (Phi) is 3.99. The number of carbonyl (C=O) groups excluding carboxylic acids is 2. The van der Waals surface area contributed by atoms with E-state index in [0.29, 0.717) is 34.0 Å².